The molecule has 0 saturated heterocycles. The molecule has 1 aromatic rings. The minimum absolute atomic E-state index is 0.0557. The van der Waals surface area contributed by atoms with Crippen molar-refractivity contribution in [3.63, 3.8) is 0 Å². The van der Waals surface area contributed by atoms with Crippen molar-refractivity contribution in [2.75, 3.05) is 0 Å². The topological polar surface area (TPSA) is 104 Å². The Kier molecular flexibility index (Phi) is 4.04. The second-order valence-electron chi connectivity index (χ2n) is 5.15. The maximum Gasteiger partial charge on any atom is 0.0683 e. The van der Waals surface area contributed by atoms with Crippen LogP contribution in [0.5, 0.6) is 0 Å². The SMILES string of the molecule is CC1C(N)=CC(c2ccccc2)=CC1C(N)C(N)N. The molecular formula is C15H22N4. The summed E-state index contributed by atoms with van der Waals surface area (Å²) in [4.78, 5) is 0. The van der Waals surface area contributed by atoms with Crippen molar-refractivity contribution in [2.24, 2.45) is 34.8 Å². The summed E-state index contributed by atoms with van der Waals surface area (Å²) in [5, 5.41) is 0. The lowest BCUT2D eigenvalue weighted by atomic mass is 9.78. The third-order valence-corrected chi connectivity index (χ3v) is 3.79. The summed E-state index contributed by atoms with van der Waals surface area (Å²) in [5.74, 6) is 0.206. The fourth-order valence-electron chi connectivity index (χ4n) is 2.44. The lowest BCUT2D eigenvalue weighted by Crippen LogP contribution is -2.53. The van der Waals surface area contributed by atoms with Crippen molar-refractivity contribution in [2.45, 2.75) is 19.1 Å². The molecule has 19 heavy (non-hydrogen) atoms. The summed E-state index contributed by atoms with van der Waals surface area (Å²) >= 11 is 0. The molecule has 102 valence electrons. The van der Waals surface area contributed by atoms with Gasteiger partial charge in [0.1, 0.15) is 0 Å². The molecule has 1 aromatic carbocycles. The number of nitrogens with two attached hydrogens (primary N) is 4. The zero-order chi connectivity index (χ0) is 14.0. The molecule has 2 rings (SSSR count). The first kappa shape index (κ1) is 13.8. The van der Waals surface area contributed by atoms with Crippen molar-refractivity contribution in [1.29, 1.82) is 0 Å². The highest BCUT2D eigenvalue weighted by Gasteiger charge is 2.29. The average molecular weight is 258 g/mol. The van der Waals surface area contributed by atoms with E-state index in [1.165, 1.54) is 0 Å². The smallest absolute Gasteiger partial charge is 0.0683 e. The van der Waals surface area contributed by atoms with Gasteiger partial charge in [0.05, 0.1) is 6.17 Å². The van der Waals surface area contributed by atoms with E-state index in [1.807, 2.05) is 24.3 Å². The highest BCUT2D eigenvalue weighted by atomic mass is 14.9. The zero-order valence-electron chi connectivity index (χ0n) is 11.2. The fraction of sp³-hybridized carbons (Fsp3) is 0.333. The van der Waals surface area contributed by atoms with Crippen LogP contribution in [-0.4, -0.2) is 12.2 Å². The summed E-state index contributed by atoms with van der Waals surface area (Å²) in [6, 6.07) is 9.79. The van der Waals surface area contributed by atoms with E-state index < -0.39 is 6.17 Å². The average Bonchev–Trinajstić information content (AvgIpc) is 2.41. The maximum absolute atomic E-state index is 6.12. The van der Waals surface area contributed by atoms with Gasteiger partial charge in [-0.15, -0.1) is 0 Å². The van der Waals surface area contributed by atoms with Crippen molar-refractivity contribution in [3.8, 4) is 0 Å². The van der Waals surface area contributed by atoms with Gasteiger partial charge in [-0.2, -0.15) is 0 Å². The van der Waals surface area contributed by atoms with E-state index in [0.29, 0.717) is 0 Å². The molecule has 0 heterocycles. The van der Waals surface area contributed by atoms with Crippen LogP contribution in [0, 0.1) is 11.8 Å². The van der Waals surface area contributed by atoms with Crippen molar-refractivity contribution >= 4 is 5.57 Å². The molecule has 0 spiro atoms. The Morgan fingerprint density at radius 3 is 2.26 bits per heavy atom. The quantitative estimate of drug-likeness (QED) is 0.600. The van der Waals surface area contributed by atoms with Gasteiger partial charge in [0.25, 0.3) is 0 Å². The molecule has 0 amide bonds. The number of rotatable bonds is 3. The summed E-state index contributed by atoms with van der Waals surface area (Å²) < 4.78 is 0. The van der Waals surface area contributed by atoms with E-state index >= 15 is 0 Å². The molecule has 3 atom stereocenters. The monoisotopic (exact) mass is 258 g/mol. The fourth-order valence-corrected chi connectivity index (χ4v) is 2.44. The van der Waals surface area contributed by atoms with E-state index in [0.717, 1.165) is 16.8 Å². The van der Waals surface area contributed by atoms with E-state index in [2.05, 4.69) is 25.1 Å². The van der Waals surface area contributed by atoms with Crippen LogP contribution in [0.2, 0.25) is 0 Å². The number of benzene rings is 1. The summed E-state index contributed by atoms with van der Waals surface area (Å²) in [7, 11) is 0. The van der Waals surface area contributed by atoms with Crippen LogP contribution in [0.15, 0.2) is 48.2 Å². The number of hydrogen-bond acceptors (Lipinski definition) is 4. The molecule has 0 bridgehead atoms. The second kappa shape index (κ2) is 5.57. The van der Waals surface area contributed by atoms with Gasteiger partial charge in [0, 0.05) is 23.6 Å². The molecule has 1 aliphatic carbocycles. The minimum atomic E-state index is -0.549. The first-order valence-corrected chi connectivity index (χ1v) is 6.51. The Labute approximate surface area is 114 Å². The van der Waals surface area contributed by atoms with Crippen LogP contribution in [0.3, 0.4) is 0 Å². The third kappa shape index (κ3) is 2.87. The van der Waals surface area contributed by atoms with Crippen LogP contribution in [-0.2, 0) is 0 Å². The first-order valence-electron chi connectivity index (χ1n) is 6.51. The van der Waals surface area contributed by atoms with Crippen molar-refractivity contribution < 1.29 is 0 Å². The van der Waals surface area contributed by atoms with Gasteiger partial charge >= 0.3 is 0 Å². The molecule has 0 fully saturated rings. The molecule has 0 radical (unpaired) electrons. The van der Waals surface area contributed by atoms with Gasteiger partial charge < -0.3 is 22.9 Å². The van der Waals surface area contributed by atoms with E-state index in [4.69, 9.17) is 22.9 Å². The molecule has 0 aliphatic heterocycles. The lowest BCUT2D eigenvalue weighted by molar-refractivity contribution is 0.355. The first-order chi connectivity index (χ1) is 9.00. The van der Waals surface area contributed by atoms with Crippen molar-refractivity contribution in [3.05, 3.63) is 53.7 Å². The third-order valence-electron chi connectivity index (χ3n) is 3.79. The van der Waals surface area contributed by atoms with Crippen LogP contribution >= 0.6 is 0 Å². The molecule has 4 nitrogen and oxygen atoms in total. The Morgan fingerprint density at radius 2 is 1.68 bits per heavy atom. The van der Waals surface area contributed by atoms with Crippen LogP contribution in [0.4, 0.5) is 0 Å². The lowest BCUT2D eigenvalue weighted by Gasteiger charge is -2.33. The predicted octanol–water partition coefficient (Wildman–Crippen LogP) is 0.749. The maximum atomic E-state index is 6.12. The Bertz CT molecular complexity index is 490. The summed E-state index contributed by atoms with van der Waals surface area (Å²) in [5.41, 5.74) is 26.7. The Morgan fingerprint density at radius 1 is 1.05 bits per heavy atom. The van der Waals surface area contributed by atoms with Gasteiger partial charge in [-0.1, -0.05) is 43.3 Å². The van der Waals surface area contributed by atoms with Crippen LogP contribution in [0.1, 0.15) is 12.5 Å². The molecule has 8 N–H and O–H groups in total. The van der Waals surface area contributed by atoms with E-state index in [9.17, 15) is 0 Å². The van der Waals surface area contributed by atoms with Gasteiger partial charge in [0.2, 0.25) is 0 Å². The minimum Gasteiger partial charge on any atom is -0.402 e. The Balaban J connectivity index is 2.36. The normalized spacial score (nSPS) is 24.9. The van der Waals surface area contributed by atoms with Crippen LogP contribution < -0.4 is 22.9 Å². The van der Waals surface area contributed by atoms with Crippen molar-refractivity contribution in [1.82, 2.24) is 0 Å². The predicted molar refractivity (Wildman–Crippen MR) is 79.5 cm³/mol. The number of hydrogen-bond donors (Lipinski definition) is 4. The van der Waals surface area contributed by atoms with Gasteiger partial charge in [-0.25, -0.2) is 0 Å². The zero-order valence-corrected chi connectivity index (χ0v) is 11.2. The number of allylic oxidation sites excluding steroid dienone is 3. The largest absolute Gasteiger partial charge is 0.402 e. The highest BCUT2D eigenvalue weighted by Crippen LogP contribution is 2.32. The molecule has 0 aromatic heterocycles. The van der Waals surface area contributed by atoms with Gasteiger partial charge in [-0.3, -0.25) is 0 Å². The van der Waals surface area contributed by atoms with E-state index in [1.54, 1.807) is 0 Å². The summed E-state index contributed by atoms with van der Waals surface area (Å²) in [6.07, 6.45) is 3.59. The molecule has 0 saturated carbocycles. The van der Waals surface area contributed by atoms with Gasteiger partial charge in [0.15, 0.2) is 0 Å². The summed E-state index contributed by atoms with van der Waals surface area (Å²) in [6.45, 7) is 2.05. The van der Waals surface area contributed by atoms with Crippen LogP contribution in [0.25, 0.3) is 5.57 Å². The highest BCUT2D eigenvalue weighted by molar-refractivity contribution is 5.76. The Hall–Kier alpha value is -1.62. The molecule has 3 unspecified atom stereocenters. The molecular weight excluding hydrogens is 236 g/mol. The van der Waals surface area contributed by atoms with Gasteiger partial charge in [-0.05, 0) is 17.2 Å². The standard InChI is InChI=1S/C15H22N4/c1-9-12(14(17)15(18)19)7-11(8-13(9)16)10-5-3-2-4-6-10/h2-9,12,14-15H,16-19H2,1H3. The second-order valence-corrected chi connectivity index (χ2v) is 5.15. The molecule has 4 heteroatoms. The van der Waals surface area contributed by atoms with E-state index in [-0.39, 0.29) is 17.9 Å². The molecule has 1 aliphatic rings.